The molecule has 0 fully saturated rings. The van der Waals surface area contributed by atoms with Gasteiger partial charge in [-0.2, -0.15) is 9.61 Å². The molecule has 0 aliphatic rings. The minimum atomic E-state index is 0.814. The third kappa shape index (κ3) is 2.04. The second kappa shape index (κ2) is 4.48. The summed E-state index contributed by atoms with van der Waals surface area (Å²) in [6, 6.07) is 4.07. The van der Waals surface area contributed by atoms with Gasteiger partial charge in [-0.15, -0.1) is 0 Å². The lowest BCUT2D eigenvalue weighted by Gasteiger charge is -2.09. The van der Waals surface area contributed by atoms with Gasteiger partial charge in [-0.1, -0.05) is 0 Å². The highest BCUT2D eigenvalue weighted by molar-refractivity contribution is 5.51. The Morgan fingerprint density at radius 3 is 3.11 bits per heavy atom. The molecule has 6 nitrogen and oxygen atoms in total. The largest absolute Gasteiger partial charge is 0.368 e. The molecule has 0 radical (unpaired) electrons. The lowest BCUT2D eigenvalue weighted by molar-refractivity contribution is 0.722. The first-order chi connectivity index (χ1) is 8.83. The van der Waals surface area contributed by atoms with E-state index in [9.17, 15) is 0 Å². The lowest BCUT2D eigenvalue weighted by Crippen LogP contribution is -2.12. The van der Waals surface area contributed by atoms with E-state index in [1.807, 2.05) is 23.2 Å². The van der Waals surface area contributed by atoms with Crippen molar-refractivity contribution in [2.75, 3.05) is 11.9 Å². The van der Waals surface area contributed by atoms with Crippen LogP contribution in [-0.2, 0) is 6.54 Å². The number of imidazole rings is 1. The summed E-state index contributed by atoms with van der Waals surface area (Å²) in [7, 11) is 0. The van der Waals surface area contributed by atoms with Gasteiger partial charge in [-0.25, -0.2) is 9.97 Å². The molecule has 3 heterocycles. The number of aryl methyl sites for hydroxylation is 1. The third-order valence-electron chi connectivity index (χ3n) is 2.76. The molecular weight excluding hydrogens is 228 g/mol. The summed E-state index contributed by atoms with van der Waals surface area (Å²) in [5, 5.41) is 7.56. The molecular formula is C12H14N6. The van der Waals surface area contributed by atoms with E-state index in [1.165, 1.54) is 5.56 Å². The predicted octanol–water partition coefficient (Wildman–Crippen LogP) is 1.35. The van der Waals surface area contributed by atoms with E-state index in [4.69, 9.17) is 0 Å². The number of anilines is 1. The second-order valence-electron chi connectivity index (χ2n) is 4.18. The van der Waals surface area contributed by atoms with Crippen LogP contribution >= 0.6 is 0 Å². The first kappa shape index (κ1) is 10.8. The Balaban J connectivity index is 1.75. The van der Waals surface area contributed by atoms with Gasteiger partial charge in [0.25, 0.3) is 0 Å². The van der Waals surface area contributed by atoms with Gasteiger partial charge in [-0.05, 0) is 24.6 Å². The SMILES string of the molecule is Cc1cc(NCCn2ccnc2)n2ncnc2c1. The topological polar surface area (TPSA) is 60.0 Å². The van der Waals surface area contributed by atoms with Crippen LogP contribution in [0.3, 0.4) is 0 Å². The molecule has 3 aromatic rings. The number of hydrogen-bond acceptors (Lipinski definition) is 4. The zero-order valence-electron chi connectivity index (χ0n) is 10.1. The summed E-state index contributed by atoms with van der Waals surface area (Å²) < 4.78 is 3.84. The fourth-order valence-electron chi connectivity index (χ4n) is 1.91. The maximum atomic E-state index is 4.20. The molecule has 18 heavy (non-hydrogen) atoms. The molecule has 0 atom stereocenters. The van der Waals surface area contributed by atoms with Gasteiger partial charge < -0.3 is 9.88 Å². The lowest BCUT2D eigenvalue weighted by atomic mass is 10.3. The predicted molar refractivity (Wildman–Crippen MR) is 68.4 cm³/mol. The summed E-state index contributed by atoms with van der Waals surface area (Å²) >= 11 is 0. The Hall–Kier alpha value is -2.37. The molecule has 92 valence electrons. The van der Waals surface area contributed by atoms with Gasteiger partial charge in [0.1, 0.15) is 12.1 Å². The van der Waals surface area contributed by atoms with Gasteiger partial charge in [0.15, 0.2) is 5.65 Å². The summed E-state index contributed by atoms with van der Waals surface area (Å²) in [6.07, 6.45) is 7.10. The van der Waals surface area contributed by atoms with Gasteiger partial charge in [-0.3, -0.25) is 0 Å². The van der Waals surface area contributed by atoms with Crippen molar-refractivity contribution >= 4 is 11.5 Å². The molecule has 3 rings (SSSR count). The van der Waals surface area contributed by atoms with Crippen LogP contribution in [0.2, 0.25) is 0 Å². The van der Waals surface area contributed by atoms with E-state index < -0.39 is 0 Å². The molecule has 0 aliphatic carbocycles. The van der Waals surface area contributed by atoms with Crippen LogP contribution in [0.4, 0.5) is 5.82 Å². The highest BCUT2D eigenvalue weighted by Gasteiger charge is 2.03. The molecule has 0 saturated carbocycles. The van der Waals surface area contributed by atoms with Crippen LogP contribution in [0.5, 0.6) is 0 Å². The van der Waals surface area contributed by atoms with E-state index in [0.717, 1.165) is 24.6 Å². The van der Waals surface area contributed by atoms with Crippen LogP contribution in [0, 0.1) is 6.92 Å². The van der Waals surface area contributed by atoms with Crippen molar-refractivity contribution in [2.24, 2.45) is 0 Å². The summed E-state index contributed by atoms with van der Waals surface area (Å²) in [6.45, 7) is 3.73. The average Bonchev–Trinajstić information content (AvgIpc) is 2.98. The van der Waals surface area contributed by atoms with Crippen LogP contribution in [0.1, 0.15) is 5.56 Å². The Bertz CT molecular complexity index is 640. The zero-order chi connectivity index (χ0) is 12.4. The van der Waals surface area contributed by atoms with E-state index in [1.54, 1.807) is 17.0 Å². The molecule has 0 spiro atoms. The zero-order valence-corrected chi connectivity index (χ0v) is 10.1. The molecule has 0 bridgehead atoms. The molecule has 0 unspecified atom stereocenters. The Kier molecular flexibility index (Phi) is 2.68. The van der Waals surface area contributed by atoms with Crippen molar-refractivity contribution in [1.29, 1.82) is 0 Å². The summed E-state index contributed by atoms with van der Waals surface area (Å²) in [5.74, 6) is 0.961. The first-order valence-corrected chi connectivity index (χ1v) is 5.83. The van der Waals surface area contributed by atoms with Gasteiger partial charge in [0.2, 0.25) is 0 Å². The number of pyridine rings is 1. The first-order valence-electron chi connectivity index (χ1n) is 5.83. The van der Waals surface area contributed by atoms with E-state index in [2.05, 4.69) is 33.4 Å². The molecule has 0 saturated heterocycles. The average molecular weight is 242 g/mol. The van der Waals surface area contributed by atoms with Crippen molar-refractivity contribution < 1.29 is 0 Å². The van der Waals surface area contributed by atoms with Gasteiger partial charge in [0, 0.05) is 25.5 Å². The smallest absolute Gasteiger partial charge is 0.157 e. The molecule has 6 heteroatoms. The van der Waals surface area contributed by atoms with Gasteiger partial charge in [0.05, 0.1) is 6.33 Å². The summed E-state index contributed by atoms with van der Waals surface area (Å²) in [4.78, 5) is 8.21. The molecule has 3 aromatic heterocycles. The molecule has 0 aliphatic heterocycles. The number of nitrogens with one attached hydrogen (secondary N) is 1. The number of aromatic nitrogens is 5. The van der Waals surface area contributed by atoms with Crippen molar-refractivity contribution in [3.05, 3.63) is 42.7 Å². The third-order valence-corrected chi connectivity index (χ3v) is 2.76. The number of nitrogens with zero attached hydrogens (tertiary/aromatic N) is 5. The molecule has 1 N–H and O–H groups in total. The fourth-order valence-corrected chi connectivity index (χ4v) is 1.91. The molecule has 0 amide bonds. The van der Waals surface area contributed by atoms with Crippen molar-refractivity contribution in [3.63, 3.8) is 0 Å². The van der Waals surface area contributed by atoms with Crippen LogP contribution < -0.4 is 5.32 Å². The molecule has 0 aromatic carbocycles. The second-order valence-corrected chi connectivity index (χ2v) is 4.18. The maximum Gasteiger partial charge on any atom is 0.157 e. The Morgan fingerprint density at radius 1 is 1.33 bits per heavy atom. The number of fused-ring (bicyclic) bond motifs is 1. The Morgan fingerprint density at radius 2 is 2.28 bits per heavy atom. The fraction of sp³-hybridized carbons (Fsp3) is 0.250. The van der Waals surface area contributed by atoms with E-state index in [0.29, 0.717) is 0 Å². The summed E-state index contributed by atoms with van der Waals surface area (Å²) in [5.41, 5.74) is 2.03. The van der Waals surface area contributed by atoms with Crippen LogP contribution in [0.25, 0.3) is 5.65 Å². The monoisotopic (exact) mass is 242 g/mol. The standard InChI is InChI=1S/C12H14N6/c1-10-6-11(18-12(7-10)15-8-16-18)14-3-5-17-4-2-13-9-17/h2,4,6-9,14H,3,5H2,1H3. The number of hydrogen-bond donors (Lipinski definition) is 1. The highest BCUT2D eigenvalue weighted by Crippen LogP contribution is 2.12. The maximum absolute atomic E-state index is 4.20. The normalized spacial score (nSPS) is 10.9. The number of rotatable bonds is 4. The van der Waals surface area contributed by atoms with Gasteiger partial charge >= 0.3 is 0 Å². The van der Waals surface area contributed by atoms with E-state index in [-0.39, 0.29) is 0 Å². The van der Waals surface area contributed by atoms with Crippen molar-refractivity contribution in [1.82, 2.24) is 24.1 Å². The quantitative estimate of drug-likeness (QED) is 0.750. The minimum absolute atomic E-state index is 0.814. The van der Waals surface area contributed by atoms with Crippen LogP contribution in [0.15, 0.2) is 37.2 Å². The van der Waals surface area contributed by atoms with Crippen LogP contribution in [-0.4, -0.2) is 30.7 Å². The Labute approximate surface area is 104 Å². The van der Waals surface area contributed by atoms with Crippen molar-refractivity contribution in [2.45, 2.75) is 13.5 Å². The van der Waals surface area contributed by atoms with E-state index >= 15 is 0 Å². The highest BCUT2D eigenvalue weighted by atomic mass is 15.3. The van der Waals surface area contributed by atoms with Crippen molar-refractivity contribution in [3.8, 4) is 0 Å². The minimum Gasteiger partial charge on any atom is -0.368 e.